The minimum Gasteiger partial charge on any atom is -0.465 e. The van der Waals surface area contributed by atoms with Gasteiger partial charge in [0.15, 0.2) is 0 Å². The Kier molecular flexibility index (Phi) is 5.67. The molecule has 25 heavy (non-hydrogen) atoms. The summed E-state index contributed by atoms with van der Waals surface area (Å²) in [5, 5.41) is 10.9. The van der Waals surface area contributed by atoms with Crippen LogP contribution in [-0.2, 0) is 9.47 Å². The second kappa shape index (κ2) is 7.91. The normalized spacial score (nSPS) is 10.0. The highest BCUT2D eigenvalue weighted by atomic mass is 16.6. The summed E-state index contributed by atoms with van der Waals surface area (Å²) in [7, 11) is 1.16. The predicted octanol–water partition coefficient (Wildman–Crippen LogP) is 3.35. The van der Waals surface area contributed by atoms with Crippen LogP contribution in [0.1, 0.15) is 27.6 Å². The van der Waals surface area contributed by atoms with Gasteiger partial charge in [0, 0.05) is 12.1 Å². The van der Waals surface area contributed by atoms with Gasteiger partial charge in [0.2, 0.25) is 0 Å². The molecule has 130 valence electrons. The monoisotopic (exact) mass is 345 g/mol. The zero-order chi connectivity index (χ0) is 18.4. The van der Waals surface area contributed by atoms with Crippen LogP contribution in [0.2, 0.25) is 0 Å². The summed E-state index contributed by atoms with van der Waals surface area (Å²) < 4.78 is 15.1. The lowest BCUT2D eigenvalue weighted by Crippen LogP contribution is -2.06. The molecule has 0 atom stereocenters. The third-order valence-electron chi connectivity index (χ3n) is 3.15. The lowest BCUT2D eigenvalue weighted by Gasteiger charge is -2.11. The Morgan fingerprint density at radius 3 is 2.52 bits per heavy atom. The number of carbonyl (C=O) groups excluding carboxylic acids is 2. The van der Waals surface area contributed by atoms with E-state index in [4.69, 9.17) is 9.47 Å². The maximum Gasteiger partial charge on any atom is 0.341 e. The van der Waals surface area contributed by atoms with Gasteiger partial charge in [-0.1, -0.05) is 6.07 Å². The highest BCUT2D eigenvalue weighted by Crippen LogP contribution is 2.29. The molecule has 2 aromatic rings. The maximum absolute atomic E-state index is 11.9. The van der Waals surface area contributed by atoms with Crippen molar-refractivity contribution >= 4 is 17.6 Å². The third-order valence-corrected chi connectivity index (χ3v) is 3.15. The number of hydrogen-bond donors (Lipinski definition) is 0. The fraction of sp³-hybridized carbons (Fsp3) is 0.176. The zero-order valence-corrected chi connectivity index (χ0v) is 13.6. The van der Waals surface area contributed by atoms with Crippen LogP contribution in [0, 0.1) is 10.1 Å². The molecule has 0 aromatic heterocycles. The van der Waals surface area contributed by atoms with Gasteiger partial charge in [-0.2, -0.15) is 0 Å². The van der Waals surface area contributed by atoms with Gasteiger partial charge in [-0.15, -0.1) is 0 Å². The largest absolute Gasteiger partial charge is 0.465 e. The minimum atomic E-state index is -0.778. The SMILES string of the molecule is CCOC(=O)c1cccc(Oc2ccc([N+](=O)[O-])cc2C(=O)OC)c1. The van der Waals surface area contributed by atoms with Gasteiger partial charge >= 0.3 is 11.9 Å². The summed E-state index contributed by atoms with van der Waals surface area (Å²) >= 11 is 0. The molecule has 0 unspecified atom stereocenters. The second-order valence-corrected chi connectivity index (χ2v) is 4.78. The number of nitro groups is 1. The molecule has 8 heteroatoms. The fourth-order valence-corrected chi connectivity index (χ4v) is 2.02. The molecule has 0 N–H and O–H groups in total. The Morgan fingerprint density at radius 1 is 1.12 bits per heavy atom. The third kappa shape index (κ3) is 4.31. The Balaban J connectivity index is 2.36. The Hall–Kier alpha value is -3.42. The van der Waals surface area contributed by atoms with Crippen molar-refractivity contribution < 1.29 is 28.7 Å². The Labute approximate surface area is 143 Å². The molecule has 0 spiro atoms. The molecule has 0 saturated heterocycles. The van der Waals surface area contributed by atoms with Crippen molar-refractivity contribution in [1.82, 2.24) is 0 Å². The van der Waals surface area contributed by atoms with Gasteiger partial charge in [0.05, 0.1) is 24.2 Å². The van der Waals surface area contributed by atoms with Crippen LogP contribution in [0.5, 0.6) is 11.5 Å². The molecule has 0 aliphatic rings. The number of benzene rings is 2. The first-order valence-electron chi connectivity index (χ1n) is 7.28. The first kappa shape index (κ1) is 17.9. The summed E-state index contributed by atoms with van der Waals surface area (Å²) in [6.45, 7) is 1.93. The summed E-state index contributed by atoms with van der Waals surface area (Å²) in [5.74, 6) is -0.951. The molecule has 0 aliphatic heterocycles. The van der Waals surface area contributed by atoms with Crippen molar-refractivity contribution in [3.63, 3.8) is 0 Å². The van der Waals surface area contributed by atoms with Gasteiger partial charge in [-0.25, -0.2) is 9.59 Å². The number of nitrogens with zero attached hydrogens (tertiary/aromatic N) is 1. The van der Waals surface area contributed by atoms with Crippen molar-refractivity contribution in [2.24, 2.45) is 0 Å². The van der Waals surface area contributed by atoms with E-state index in [1.165, 1.54) is 18.2 Å². The molecule has 0 radical (unpaired) electrons. The first-order valence-corrected chi connectivity index (χ1v) is 7.28. The van der Waals surface area contributed by atoms with Crippen LogP contribution < -0.4 is 4.74 Å². The fourth-order valence-electron chi connectivity index (χ4n) is 2.02. The molecular formula is C17H15NO7. The van der Waals surface area contributed by atoms with E-state index in [0.717, 1.165) is 13.2 Å². The van der Waals surface area contributed by atoms with E-state index in [0.29, 0.717) is 0 Å². The molecule has 0 bridgehead atoms. The van der Waals surface area contributed by atoms with Crippen LogP contribution in [0.25, 0.3) is 0 Å². The van der Waals surface area contributed by atoms with E-state index in [-0.39, 0.29) is 34.9 Å². The number of esters is 2. The van der Waals surface area contributed by atoms with Crippen molar-refractivity contribution in [2.45, 2.75) is 6.92 Å². The van der Waals surface area contributed by atoms with Crippen LogP contribution in [0.15, 0.2) is 42.5 Å². The molecule has 8 nitrogen and oxygen atoms in total. The van der Waals surface area contributed by atoms with Crippen LogP contribution in [-0.4, -0.2) is 30.6 Å². The van der Waals surface area contributed by atoms with Crippen molar-refractivity contribution in [3.05, 3.63) is 63.7 Å². The minimum absolute atomic E-state index is 0.0680. The van der Waals surface area contributed by atoms with Gasteiger partial charge in [-0.3, -0.25) is 10.1 Å². The topological polar surface area (TPSA) is 105 Å². The molecule has 0 heterocycles. The molecule has 0 saturated carbocycles. The zero-order valence-electron chi connectivity index (χ0n) is 13.6. The average molecular weight is 345 g/mol. The van der Waals surface area contributed by atoms with Crippen molar-refractivity contribution in [2.75, 3.05) is 13.7 Å². The standard InChI is InChI=1S/C17H15NO7/c1-3-24-16(19)11-5-4-6-13(9-11)25-15-8-7-12(18(21)22)10-14(15)17(20)23-2/h4-10H,3H2,1-2H3. The summed E-state index contributed by atoms with van der Waals surface area (Å²) in [5.41, 5.74) is -0.0906. The molecule has 2 aromatic carbocycles. The predicted molar refractivity (Wildman–Crippen MR) is 86.9 cm³/mol. The van der Waals surface area contributed by atoms with E-state index in [2.05, 4.69) is 4.74 Å². The number of hydrogen-bond acceptors (Lipinski definition) is 7. The summed E-state index contributed by atoms with van der Waals surface area (Å²) in [6, 6.07) is 9.73. The highest BCUT2D eigenvalue weighted by molar-refractivity contribution is 5.93. The van der Waals surface area contributed by atoms with E-state index in [1.807, 2.05) is 0 Å². The van der Waals surface area contributed by atoms with E-state index < -0.39 is 16.9 Å². The number of methoxy groups -OCH3 is 1. The van der Waals surface area contributed by atoms with E-state index in [1.54, 1.807) is 25.1 Å². The molecule has 0 fully saturated rings. The van der Waals surface area contributed by atoms with Gasteiger partial charge < -0.3 is 14.2 Å². The lowest BCUT2D eigenvalue weighted by atomic mass is 10.1. The quantitative estimate of drug-likeness (QED) is 0.449. The van der Waals surface area contributed by atoms with Crippen LogP contribution in [0.3, 0.4) is 0 Å². The molecule has 2 rings (SSSR count). The smallest absolute Gasteiger partial charge is 0.341 e. The van der Waals surface area contributed by atoms with Gasteiger partial charge in [0.25, 0.3) is 5.69 Å². The average Bonchev–Trinajstić information content (AvgIpc) is 2.61. The second-order valence-electron chi connectivity index (χ2n) is 4.78. The van der Waals surface area contributed by atoms with E-state index >= 15 is 0 Å². The summed E-state index contributed by atoms with van der Waals surface area (Å²) in [6.07, 6.45) is 0. The van der Waals surface area contributed by atoms with Gasteiger partial charge in [0.1, 0.15) is 17.1 Å². The highest BCUT2D eigenvalue weighted by Gasteiger charge is 2.19. The van der Waals surface area contributed by atoms with Crippen LogP contribution in [0.4, 0.5) is 5.69 Å². The van der Waals surface area contributed by atoms with Crippen molar-refractivity contribution in [3.8, 4) is 11.5 Å². The van der Waals surface area contributed by atoms with Crippen molar-refractivity contribution in [1.29, 1.82) is 0 Å². The number of rotatable bonds is 6. The number of nitro benzene ring substituents is 1. The van der Waals surface area contributed by atoms with Crippen LogP contribution >= 0.6 is 0 Å². The van der Waals surface area contributed by atoms with Gasteiger partial charge in [-0.05, 0) is 31.2 Å². The molecular weight excluding hydrogens is 330 g/mol. The molecule has 0 amide bonds. The Bertz CT molecular complexity index is 816. The lowest BCUT2D eigenvalue weighted by molar-refractivity contribution is -0.384. The Morgan fingerprint density at radius 2 is 1.88 bits per heavy atom. The summed E-state index contributed by atoms with van der Waals surface area (Å²) in [4.78, 5) is 33.9. The number of non-ortho nitro benzene ring substituents is 1. The number of ether oxygens (including phenoxy) is 3. The first-order chi connectivity index (χ1) is 12.0. The van der Waals surface area contributed by atoms with E-state index in [9.17, 15) is 19.7 Å². The maximum atomic E-state index is 11.9. The molecule has 0 aliphatic carbocycles. The number of carbonyl (C=O) groups is 2.